The molecule has 15 heavy (non-hydrogen) atoms. The minimum atomic E-state index is 0.0584. The molecule has 0 fully saturated rings. The van der Waals surface area contributed by atoms with Gasteiger partial charge in [-0.25, -0.2) is 0 Å². The van der Waals surface area contributed by atoms with Gasteiger partial charge in [-0.1, -0.05) is 30.3 Å². The topological polar surface area (TPSA) is 38.7 Å². The van der Waals surface area contributed by atoms with Crippen LogP contribution in [0.3, 0.4) is 0 Å². The Hall–Kier alpha value is -0.900. The van der Waals surface area contributed by atoms with Gasteiger partial charge < -0.3 is 14.6 Å². The zero-order chi connectivity index (χ0) is 10.9. The molecule has 0 aliphatic rings. The summed E-state index contributed by atoms with van der Waals surface area (Å²) in [6.45, 7) is 1.80. The molecule has 0 aliphatic carbocycles. The summed E-state index contributed by atoms with van der Waals surface area (Å²) in [5.74, 6) is 0.0584. The van der Waals surface area contributed by atoms with Crippen LogP contribution in [0, 0.1) is 0 Å². The average molecular weight is 210 g/mol. The summed E-state index contributed by atoms with van der Waals surface area (Å²) in [4.78, 5) is 0. The molecule has 1 N–H and O–H groups in total. The lowest BCUT2D eigenvalue weighted by Crippen LogP contribution is -2.14. The highest BCUT2D eigenvalue weighted by Crippen LogP contribution is 2.14. The lowest BCUT2D eigenvalue weighted by atomic mass is 10.0. The highest BCUT2D eigenvalue weighted by atomic mass is 16.5. The van der Waals surface area contributed by atoms with Crippen molar-refractivity contribution in [3.63, 3.8) is 0 Å². The molecule has 0 amide bonds. The number of rotatable bonds is 7. The van der Waals surface area contributed by atoms with E-state index in [1.165, 1.54) is 0 Å². The molecule has 1 aromatic carbocycles. The van der Waals surface area contributed by atoms with Gasteiger partial charge in [0.2, 0.25) is 0 Å². The second kappa shape index (κ2) is 7.40. The van der Waals surface area contributed by atoms with E-state index in [9.17, 15) is 5.11 Å². The minimum Gasteiger partial charge on any atom is -0.396 e. The summed E-state index contributed by atoms with van der Waals surface area (Å²) in [7, 11) is 1.64. The van der Waals surface area contributed by atoms with E-state index in [1.807, 2.05) is 30.3 Å². The van der Waals surface area contributed by atoms with Crippen molar-refractivity contribution < 1.29 is 14.6 Å². The van der Waals surface area contributed by atoms with Crippen LogP contribution in [0.25, 0.3) is 0 Å². The first-order valence-corrected chi connectivity index (χ1v) is 5.11. The fourth-order valence-electron chi connectivity index (χ4n) is 1.35. The van der Waals surface area contributed by atoms with Crippen molar-refractivity contribution in [3.05, 3.63) is 35.9 Å². The number of aliphatic hydroxyl groups is 1. The molecule has 0 aromatic heterocycles. The molecular weight excluding hydrogens is 192 g/mol. The fraction of sp³-hybridized carbons (Fsp3) is 0.500. The van der Waals surface area contributed by atoms with Crippen LogP contribution in [-0.4, -0.2) is 38.6 Å². The van der Waals surface area contributed by atoms with Gasteiger partial charge in [-0.05, 0) is 5.56 Å². The second-order valence-corrected chi connectivity index (χ2v) is 3.36. The van der Waals surface area contributed by atoms with E-state index in [2.05, 4.69) is 0 Å². The molecule has 3 nitrogen and oxygen atoms in total. The van der Waals surface area contributed by atoms with Crippen LogP contribution < -0.4 is 0 Å². The Morgan fingerprint density at radius 1 is 1.20 bits per heavy atom. The predicted octanol–water partition coefficient (Wildman–Crippen LogP) is 1.43. The number of benzene rings is 1. The maximum Gasteiger partial charge on any atom is 0.0700 e. The fourth-order valence-corrected chi connectivity index (χ4v) is 1.35. The van der Waals surface area contributed by atoms with E-state index in [4.69, 9.17) is 9.47 Å². The summed E-state index contributed by atoms with van der Waals surface area (Å²) in [5.41, 5.74) is 1.11. The predicted molar refractivity (Wildman–Crippen MR) is 59.0 cm³/mol. The van der Waals surface area contributed by atoms with Crippen LogP contribution in [0.2, 0.25) is 0 Å². The molecule has 0 aliphatic heterocycles. The number of hydrogen-bond donors (Lipinski definition) is 1. The van der Waals surface area contributed by atoms with Crippen LogP contribution in [0.15, 0.2) is 30.3 Å². The number of ether oxygens (including phenoxy) is 2. The van der Waals surface area contributed by atoms with Crippen LogP contribution >= 0.6 is 0 Å². The molecule has 1 unspecified atom stereocenters. The molecule has 0 radical (unpaired) electrons. The van der Waals surface area contributed by atoms with Crippen LogP contribution in [0.1, 0.15) is 11.5 Å². The van der Waals surface area contributed by atoms with Gasteiger partial charge in [-0.15, -0.1) is 0 Å². The molecule has 0 saturated heterocycles. The zero-order valence-electron chi connectivity index (χ0n) is 9.06. The standard InChI is InChI=1S/C12H18O3/c1-14-7-8-15-10-12(9-13)11-5-3-2-4-6-11/h2-6,12-13H,7-10H2,1H3. The van der Waals surface area contributed by atoms with Gasteiger partial charge in [0.25, 0.3) is 0 Å². The van der Waals surface area contributed by atoms with Gasteiger partial charge in [0, 0.05) is 13.0 Å². The van der Waals surface area contributed by atoms with E-state index < -0.39 is 0 Å². The Labute approximate surface area is 90.6 Å². The Kier molecular flexibility index (Phi) is 6.00. The lowest BCUT2D eigenvalue weighted by Gasteiger charge is -2.14. The summed E-state index contributed by atoms with van der Waals surface area (Å²) in [6, 6.07) is 9.89. The van der Waals surface area contributed by atoms with Crippen molar-refractivity contribution in [2.75, 3.05) is 33.5 Å². The first-order valence-electron chi connectivity index (χ1n) is 5.11. The molecule has 1 atom stereocenters. The number of aliphatic hydroxyl groups excluding tert-OH is 1. The third kappa shape index (κ3) is 4.42. The Bertz CT molecular complexity index is 248. The first-order chi connectivity index (χ1) is 7.38. The summed E-state index contributed by atoms with van der Waals surface area (Å²) >= 11 is 0. The molecule has 0 bridgehead atoms. The minimum absolute atomic E-state index is 0.0584. The SMILES string of the molecule is COCCOCC(CO)c1ccccc1. The largest absolute Gasteiger partial charge is 0.396 e. The van der Waals surface area contributed by atoms with Crippen molar-refractivity contribution in [1.29, 1.82) is 0 Å². The van der Waals surface area contributed by atoms with Gasteiger partial charge in [-0.3, -0.25) is 0 Å². The van der Waals surface area contributed by atoms with Crippen LogP contribution in [-0.2, 0) is 9.47 Å². The quantitative estimate of drug-likeness (QED) is 0.692. The first kappa shape index (κ1) is 12.2. The molecular formula is C12H18O3. The summed E-state index contributed by atoms with van der Waals surface area (Å²) in [5, 5.41) is 9.22. The normalized spacial score (nSPS) is 12.7. The monoisotopic (exact) mass is 210 g/mol. The Morgan fingerprint density at radius 2 is 1.93 bits per heavy atom. The average Bonchev–Trinajstić information content (AvgIpc) is 2.30. The van der Waals surface area contributed by atoms with Crippen molar-refractivity contribution in [2.24, 2.45) is 0 Å². The van der Waals surface area contributed by atoms with E-state index in [1.54, 1.807) is 7.11 Å². The molecule has 0 spiro atoms. The van der Waals surface area contributed by atoms with Crippen molar-refractivity contribution in [1.82, 2.24) is 0 Å². The third-order valence-electron chi connectivity index (χ3n) is 2.24. The van der Waals surface area contributed by atoms with Gasteiger partial charge in [0.1, 0.15) is 0 Å². The van der Waals surface area contributed by atoms with E-state index >= 15 is 0 Å². The molecule has 3 heteroatoms. The Balaban J connectivity index is 2.36. The lowest BCUT2D eigenvalue weighted by molar-refractivity contribution is 0.0539. The highest BCUT2D eigenvalue weighted by molar-refractivity contribution is 5.19. The van der Waals surface area contributed by atoms with Gasteiger partial charge >= 0.3 is 0 Å². The third-order valence-corrected chi connectivity index (χ3v) is 2.24. The van der Waals surface area contributed by atoms with E-state index in [0.29, 0.717) is 19.8 Å². The summed E-state index contributed by atoms with van der Waals surface area (Å²) < 4.78 is 10.3. The Morgan fingerprint density at radius 3 is 2.53 bits per heavy atom. The molecule has 0 heterocycles. The highest BCUT2D eigenvalue weighted by Gasteiger charge is 2.09. The second-order valence-electron chi connectivity index (χ2n) is 3.36. The maximum absolute atomic E-state index is 9.22. The summed E-state index contributed by atoms with van der Waals surface area (Å²) in [6.07, 6.45) is 0. The van der Waals surface area contributed by atoms with Crippen molar-refractivity contribution >= 4 is 0 Å². The van der Waals surface area contributed by atoms with Crippen LogP contribution in [0.5, 0.6) is 0 Å². The van der Waals surface area contributed by atoms with Crippen molar-refractivity contribution in [2.45, 2.75) is 5.92 Å². The number of hydrogen-bond acceptors (Lipinski definition) is 3. The van der Waals surface area contributed by atoms with E-state index in [0.717, 1.165) is 5.56 Å². The molecule has 0 saturated carbocycles. The van der Waals surface area contributed by atoms with Gasteiger partial charge in [-0.2, -0.15) is 0 Å². The molecule has 84 valence electrons. The molecule has 1 rings (SSSR count). The van der Waals surface area contributed by atoms with Gasteiger partial charge in [0.05, 0.1) is 26.4 Å². The number of methoxy groups -OCH3 is 1. The zero-order valence-corrected chi connectivity index (χ0v) is 9.06. The van der Waals surface area contributed by atoms with Crippen molar-refractivity contribution in [3.8, 4) is 0 Å². The molecule has 1 aromatic rings. The van der Waals surface area contributed by atoms with E-state index in [-0.39, 0.29) is 12.5 Å². The smallest absolute Gasteiger partial charge is 0.0700 e. The van der Waals surface area contributed by atoms with Gasteiger partial charge in [0.15, 0.2) is 0 Å². The van der Waals surface area contributed by atoms with Crippen LogP contribution in [0.4, 0.5) is 0 Å². The maximum atomic E-state index is 9.22.